The Bertz CT molecular complexity index is 653. The number of aliphatic hydroxyl groups excluding tert-OH is 1. The number of carboxylic acids is 1. The lowest BCUT2D eigenvalue weighted by molar-refractivity contribution is 0.0690. The summed E-state index contributed by atoms with van der Waals surface area (Å²) < 4.78 is 0. The van der Waals surface area contributed by atoms with Crippen LogP contribution < -0.4 is 5.32 Å². The van der Waals surface area contributed by atoms with Crippen LogP contribution in [0.15, 0.2) is 42.6 Å². The van der Waals surface area contributed by atoms with Crippen molar-refractivity contribution in [3.63, 3.8) is 0 Å². The molecule has 0 radical (unpaired) electrons. The van der Waals surface area contributed by atoms with E-state index in [1.54, 1.807) is 24.3 Å². The number of pyridine rings is 1. The van der Waals surface area contributed by atoms with Crippen LogP contribution in [0.5, 0.6) is 0 Å². The minimum atomic E-state index is -1.18. The van der Waals surface area contributed by atoms with Gasteiger partial charge < -0.3 is 15.5 Å². The van der Waals surface area contributed by atoms with Crippen LogP contribution in [0.25, 0.3) is 0 Å². The van der Waals surface area contributed by atoms with E-state index in [9.17, 15) is 9.59 Å². The molecule has 0 saturated carbocycles. The standard InChI is InChI=1S/C15H14N2O4/c18-8-6-10-1-3-12(4-2-10)17-14(19)11-5-7-16-13(9-11)15(20)21/h1-5,7,9,18H,6,8H2,(H,17,19)(H,20,21). The SMILES string of the molecule is O=C(Nc1ccc(CCO)cc1)c1ccnc(C(=O)O)c1. The molecule has 0 saturated heterocycles. The molecule has 0 aliphatic rings. The van der Waals surface area contributed by atoms with Gasteiger partial charge in [-0.15, -0.1) is 0 Å². The fraction of sp³-hybridized carbons (Fsp3) is 0.133. The quantitative estimate of drug-likeness (QED) is 0.774. The van der Waals surface area contributed by atoms with E-state index in [1.807, 2.05) is 0 Å². The molecular weight excluding hydrogens is 272 g/mol. The lowest BCUT2D eigenvalue weighted by Crippen LogP contribution is -2.13. The Morgan fingerprint density at radius 3 is 2.48 bits per heavy atom. The molecule has 1 aromatic carbocycles. The number of nitrogens with one attached hydrogen (secondary N) is 1. The minimum absolute atomic E-state index is 0.0701. The fourth-order valence-electron chi connectivity index (χ4n) is 1.78. The van der Waals surface area contributed by atoms with E-state index in [0.29, 0.717) is 12.1 Å². The molecule has 0 fully saturated rings. The number of hydrogen-bond donors (Lipinski definition) is 3. The van der Waals surface area contributed by atoms with Gasteiger partial charge in [0, 0.05) is 24.1 Å². The van der Waals surface area contributed by atoms with E-state index in [1.165, 1.54) is 18.3 Å². The Morgan fingerprint density at radius 2 is 1.86 bits per heavy atom. The normalized spacial score (nSPS) is 10.1. The zero-order valence-electron chi connectivity index (χ0n) is 11.1. The molecule has 1 amide bonds. The van der Waals surface area contributed by atoms with Crippen molar-refractivity contribution in [2.24, 2.45) is 0 Å². The summed E-state index contributed by atoms with van der Waals surface area (Å²) in [4.78, 5) is 26.5. The number of carbonyl (C=O) groups is 2. The van der Waals surface area contributed by atoms with E-state index in [4.69, 9.17) is 10.2 Å². The first-order valence-corrected chi connectivity index (χ1v) is 6.30. The largest absolute Gasteiger partial charge is 0.477 e. The summed E-state index contributed by atoms with van der Waals surface area (Å²) in [5.74, 6) is -1.59. The van der Waals surface area contributed by atoms with Crippen LogP contribution in [0, 0.1) is 0 Å². The molecule has 0 bridgehead atoms. The lowest BCUT2D eigenvalue weighted by atomic mass is 10.1. The maximum Gasteiger partial charge on any atom is 0.354 e. The average molecular weight is 286 g/mol. The van der Waals surface area contributed by atoms with Crippen LogP contribution in [-0.2, 0) is 6.42 Å². The Balaban J connectivity index is 2.10. The molecule has 0 atom stereocenters. The predicted octanol–water partition coefficient (Wildman–Crippen LogP) is 1.57. The first-order valence-electron chi connectivity index (χ1n) is 6.30. The molecular formula is C15H14N2O4. The number of rotatable bonds is 5. The van der Waals surface area contributed by atoms with Crippen molar-refractivity contribution < 1.29 is 19.8 Å². The number of aromatic nitrogens is 1. The van der Waals surface area contributed by atoms with Crippen molar-refractivity contribution in [1.82, 2.24) is 4.98 Å². The highest BCUT2D eigenvalue weighted by atomic mass is 16.4. The summed E-state index contributed by atoms with van der Waals surface area (Å²) in [5.41, 5.74) is 1.60. The number of anilines is 1. The highest BCUT2D eigenvalue weighted by Gasteiger charge is 2.10. The zero-order chi connectivity index (χ0) is 15.2. The van der Waals surface area contributed by atoms with Crippen molar-refractivity contribution in [2.45, 2.75) is 6.42 Å². The molecule has 1 aromatic heterocycles. The first-order chi connectivity index (χ1) is 10.1. The molecule has 0 unspecified atom stereocenters. The molecule has 2 rings (SSSR count). The summed E-state index contributed by atoms with van der Waals surface area (Å²) in [5, 5.41) is 20.3. The van der Waals surface area contributed by atoms with Gasteiger partial charge in [0.1, 0.15) is 5.69 Å². The fourth-order valence-corrected chi connectivity index (χ4v) is 1.78. The number of carbonyl (C=O) groups excluding carboxylic acids is 1. The van der Waals surface area contributed by atoms with Gasteiger partial charge in [0.05, 0.1) is 0 Å². The van der Waals surface area contributed by atoms with E-state index in [2.05, 4.69) is 10.3 Å². The number of hydrogen-bond acceptors (Lipinski definition) is 4. The van der Waals surface area contributed by atoms with Gasteiger partial charge >= 0.3 is 5.97 Å². The molecule has 6 nitrogen and oxygen atoms in total. The van der Waals surface area contributed by atoms with Crippen LogP contribution in [0.4, 0.5) is 5.69 Å². The number of amides is 1. The molecule has 3 N–H and O–H groups in total. The molecule has 0 spiro atoms. The van der Waals surface area contributed by atoms with Gasteiger partial charge in [0.25, 0.3) is 5.91 Å². The van der Waals surface area contributed by atoms with Crippen LogP contribution >= 0.6 is 0 Å². The molecule has 21 heavy (non-hydrogen) atoms. The average Bonchev–Trinajstić information content (AvgIpc) is 2.49. The van der Waals surface area contributed by atoms with Crippen molar-refractivity contribution in [3.8, 4) is 0 Å². The molecule has 2 aromatic rings. The summed E-state index contributed by atoms with van der Waals surface area (Å²) in [7, 11) is 0. The monoisotopic (exact) mass is 286 g/mol. The summed E-state index contributed by atoms with van der Waals surface area (Å²) in [6.07, 6.45) is 1.84. The predicted molar refractivity (Wildman–Crippen MR) is 76.4 cm³/mol. The van der Waals surface area contributed by atoms with Gasteiger partial charge in [-0.05, 0) is 36.2 Å². The number of aromatic carboxylic acids is 1. The highest BCUT2D eigenvalue weighted by Crippen LogP contribution is 2.12. The number of nitrogens with zero attached hydrogens (tertiary/aromatic N) is 1. The van der Waals surface area contributed by atoms with Gasteiger partial charge in [-0.3, -0.25) is 4.79 Å². The smallest absolute Gasteiger partial charge is 0.354 e. The number of carboxylic acid groups (broad SMARTS) is 1. The molecule has 0 aliphatic carbocycles. The van der Waals surface area contributed by atoms with Crippen molar-refractivity contribution in [3.05, 3.63) is 59.4 Å². The lowest BCUT2D eigenvalue weighted by Gasteiger charge is -2.06. The highest BCUT2D eigenvalue weighted by molar-refractivity contribution is 6.05. The maximum atomic E-state index is 12.0. The van der Waals surface area contributed by atoms with E-state index in [-0.39, 0.29) is 17.9 Å². The van der Waals surface area contributed by atoms with Crippen molar-refractivity contribution >= 4 is 17.6 Å². The van der Waals surface area contributed by atoms with Gasteiger partial charge in [-0.2, -0.15) is 0 Å². The van der Waals surface area contributed by atoms with Gasteiger partial charge in [-0.25, -0.2) is 9.78 Å². The van der Waals surface area contributed by atoms with E-state index >= 15 is 0 Å². The molecule has 108 valence electrons. The van der Waals surface area contributed by atoms with Crippen LogP contribution in [0.1, 0.15) is 26.4 Å². The molecule has 0 aliphatic heterocycles. The maximum absolute atomic E-state index is 12.0. The summed E-state index contributed by atoms with van der Waals surface area (Å²) >= 11 is 0. The zero-order valence-corrected chi connectivity index (χ0v) is 11.1. The van der Waals surface area contributed by atoms with Gasteiger partial charge in [0.2, 0.25) is 0 Å². The van der Waals surface area contributed by atoms with Crippen molar-refractivity contribution in [2.75, 3.05) is 11.9 Å². The van der Waals surface area contributed by atoms with Crippen molar-refractivity contribution in [1.29, 1.82) is 0 Å². The van der Waals surface area contributed by atoms with Gasteiger partial charge in [-0.1, -0.05) is 12.1 Å². The summed E-state index contributed by atoms with van der Waals surface area (Å²) in [6.45, 7) is 0.0701. The number of aliphatic hydroxyl groups is 1. The third kappa shape index (κ3) is 3.87. The second-order valence-electron chi connectivity index (χ2n) is 4.36. The Kier molecular flexibility index (Phi) is 4.63. The third-order valence-corrected chi connectivity index (χ3v) is 2.85. The van der Waals surface area contributed by atoms with Gasteiger partial charge in [0.15, 0.2) is 0 Å². The summed E-state index contributed by atoms with van der Waals surface area (Å²) in [6, 6.07) is 9.73. The second kappa shape index (κ2) is 6.62. The topological polar surface area (TPSA) is 99.5 Å². The van der Waals surface area contributed by atoms with E-state index in [0.717, 1.165) is 5.56 Å². The first kappa shape index (κ1) is 14.7. The van der Waals surface area contributed by atoms with Crippen LogP contribution in [0.2, 0.25) is 0 Å². The van der Waals surface area contributed by atoms with E-state index < -0.39 is 11.9 Å². The molecule has 1 heterocycles. The molecule has 6 heteroatoms. The number of benzene rings is 1. The van der Waals surface area contributed by atoms with Crippen LogP contribution in [0.3, 0.4) is 0 Å². The Hall–Kier alpha value is -2.73. The minimum Gasteiger partial charge on any atom is -0.477 e. The second-order valence-corrected chi connectivity index (χ2v) is 4.36. The Morgan fingerprint density at radius 1 is 1.14 bits per heavy atom. The third-order valence-electron chi connectivity index (χ3n) is 2.85. The Labute approximate surface area is 121 Å². The van der Waals surface area contributed by atoms with Crippen LogP contribution in [-0.4, -0.2) is 33.7 Å².